The predicted molar refractivity (Wildman–Crippen MR) is 121 cm³/mol. The lowest BCUT2D eigenvalue weighted by atomic mass is 9.91. The molecule has 0 aliphatic rings. The summed E-state index contributed by atoms with van der Waals surface area (Å²) in [4.78, 5) is 15.2. The molecule has 0 atom stereocenters. The van der Waals surface area contributed by atoms with Crippen molar-refractivity contribution in [1.82, 2.24) is 4.98 Å². The molecule has 0 saturated heterocycles. The summed E-state index contributed by atoms with van der Waals surface area (Å²) in [6.45, 7) is 8.62. The molecule has 0 spiro atoms. The van der Waals surface area contributed by atoms with Crippen molar-refractivity contribution in [3.63, 3.8) is 0 Å². The molecular weight excluding hydrogens is 396 g/mol. The summed E-state index contributed by atoms with van der Waals surface area (Å²) in [5.74, 6) is 1.22. The summed E-state index contributed by atoms with van der Waals surface area (Å²) in [5.41, 5.74) is 1.61. The standard InChI is InChI=1S/C24H26N2O5/c1-5-29-16-30-19-11-12-21-18(14-19)15-20(31-21)9-7-6-8-17-10-13-22(24(2,3)4)25-23(17)26(27)28/h6-15H,5,16H2,1-4H3. The van der Waals surface area contributed by atoms with E-state index in [9.17, 15) is 10.1 Å². The lowest BCUT2D eigenvalue weighted by Crippen LogP contribution is -2.14. The van der Waals surface area contributed by atoms with Crippen LogP contribution in [0.1, 0.15) is 44.7 Å². The smallest absolute Gasteiger partial charge is 0.370 e. The van der Waals surface area contributed by atoms with Crippen molar-refractivity contribution in [2.45, 2.75) is 33.1 Å². The largest absolute Gasteiger partial charge is 0.468 e. The van der Waals surface area contributed by atoms with Gasteiger partial charge in [0.2, 0.25) is 0 Å². The van der Waals surface area contributed by atoms with Gasteiger partial charge in [0, 0.05) is 17.4 Å². The monoisotopic (exact) mass is 422 g/mol. The van der Waals surface area contributed by atoms with Crippen LogP contribution in [-0.4, -0.2) is 23.3 Å². The van der Waals surface area contributed by atoms with Crippen LogP contribution in [0.2, 0.25) is 0 Å². The summed E-state index contributed by atoms with van der Waals surface area (Å²) >= 11 is 0. The second kappa shape index (κ2) is 9.57. The maximum Gasteiger partial charge on any atom is 0.370 e. The molecule has 31 heavy (non-hydrogen) atoms. The van der Waals surface area contributed by atoms with Crippen LogP contribution in [-0.2, 0) is 10.2 Å². The van der Waals surface area contributed by atoms with Crippen LogP contribution in [0.3, 0.4) is 0 Å². The van der Waals surface area contributed by atoms with Crippen LogP contribution in [0.5, 0.6) is 5.75 Å². The highest BCUT2D eigenvalue weighted by atomic mass is 16.7. The highest BCUT2D eigenvalue weighted by Crippen LogP contribution is 2.27. The van der Waals surface area contributed by atoms with Gasteiger partial charge in [-0.2, -0.15) is 0 Å². The zero-order valence-electron chi connectivity index (χ0n) is 18.1. The van der Waals surface area contributed by atoms with Crippen LogP contribution < -0.4 is 4.74 Å². The maximum absolute atomic E-state index is 11.4. The molecule has 0 aliphatic heterocycles. The molecule has 0 bridgehead atoms. The van der Waals surface area contributed by atoms with Gasteiger partial charge in [0.25, 0.3) is 0 Å². The normalized spacial score (nSPS) is 12.3. The first-order valence-corrected chi connectivity index (χ1v) is 10.0. The molecule has 0 saturated carbocycles. The lowest BCUT2D eigenvalue weighted by Gasteiger charge is -2.13. The minimum absolute atomic E-state index is 0.152. The van der Waals surface area contributed by atoms with E-state index in [-0.39, 0.29) is 18.0 Å². The van der Waals surface area contributed by atoms with E-state index >= 15 is 0 Å². The third-order valence-electron chi connectivity index (χ3n) is 4.51. The zero-order chi connectivity index (χ0) is 22.4. The summed E-state index contributed by atoms with van der Waals surface area (Å²) in [6.07, 6.45) is 6.95. The van der Waals surface area contributed by atoms with Gasteiger partial charge in [0.05, 0.1) is 5.56 Å². The molecule has 1 aromatic carbocycles. The molecule has 2 aromatic heterocycles. The lowest BCUT2D eigenvalue weighted by molar-refractivity contribution is -0.389. The van der Waals surface area contributed by atoms with Crippen LogP contribution in [0.15, 0.2) is 53.0 Å². The number of hydrogen-bond acceptors (Lipinski definition) is 6. The second-order valence-electron chi connectivity index (χ2n) is 7.94. The first-order valence-electron chi connectivity index (χ1n) is 10.0. The summed E-state index contributed by atoms with van der Waals surface area (Å²) in [7, 11) is 0. The van der Waals surface area contributed by atoms with Gasteiger partial charge in [0.15, 0.2) is 12.5 Å². The van der Waals surface area contributed by atoms with Crippen molar-refractivity contribution >= 4 is 28.9 Å². The molecule has 3 rings (SSSR count). The molecular formula is C24H26N2O5. The minimum atomic E-state index is -0.455. The number of furan rings is 1. The number of rotatable bonds is 8. The Kier molecular flexibility index (Phi) is 6.87. The number of ether oxygens (including phenoxy) is 2. The van der Waals surface area contributed by atoms with E-state index in [1.165, 1.54) is 0 Å². The van der Waals surface area contributed by atoms with Crippen molar-refractivity contribution in [2.24, 2.45) is 0 Å². The predicted octanol–water partition coefficient (Wildman–Crippen LogP) is 6.13. The molecule has 0 radical (unpaired) electrons. The number of nitro groups is 1. The van der Waals surface area contributed by atoms with Crippen molar-refractivity contribution in [3.05, 3.63) is 75.7 Å². The number of benzene rings is 1. The van der Waals surface area contributed by atoms with E-state index in [1.807, 2.05) is 58.0 Å². The summed E-state index contributed by atoms with van der Waals surface area (Å²) in [5, 5.41) is 12.3. The van der Waals surface area contributed by atoms with Crippen LogP contribution >= 0.6 is 0 Å². The van der Waals surface area contributed by atoms with Gasteiger partial charge in [-0.1, -0.05) is 32.9 Å². The van der Waals surface area contributed by atoms with Crippen LogP contribution in [0.4, 0.5) is 5.82 Å². The van der Waals surface area contributed by atoms with E-state index in [1.54, 1.807) is 30.4 Å². The Labute approximate surface area is 181 Å². The van der Waals surface area contributed by atoms with E-state index in [0.29, 0.717) is 29.4 Å². The average Bonchev–Trinajstić information content (AvgIpc) is 3.12. The van der Waals surface area contributed by atoms with E-state index in [2.05, 4.69) is 4.98 Å². The van der Waals surface area contributed by atoms with Gasteiger partial charge in [-0.15, -0.1) is 0 Å². The number of nitrogens with zero attached hydrogens (tertiary/aromatic N) is 2. The number of pyridine rings is 1. The zero-order valence-corrected chi connectivity index (χ0v) is 18.1. The average molecular weight is 422 g/mol. The molecule has 3 aromatic rings. The Bertz CT molecular complexity index is 1120. The molecule has 0 amide bonds. The van der Waals surface area contributed by atoms with Crippen LogP contribution in [0.25, 0.3) is 23.1 Å². The quantitative estimate of drug-likeness (QED) is 0.143. The number of aromatic nitrogens is 1. The van der Waals surface area contributed by atoms with Crippen molar-refractivity contribution < 1.29 is 18.8 Å². The molecule has 7 nitrogen and oxygen atoms in total. The molecule has 0 unspecified atom stereocenters. The molecule has 2 heterocycles. The molecule has 162 valence electrons. The SMILES string of the molecule is CCOCOc1ccc2oc(C=CC=Cc3ccc(C(C)(C)C)nc3[N+](=O)[O-])cc2c1. The second-order valence-corrected chi connectivity index (χ2v) is 7.94. The topological polar surface area (TPSA) is 87.6 Å². The Hall–Kier alpha value is -3.45. The number of fused-ring (bicyclic) bond motifs is 1. The van der Waals surface area contributed by atoms with Crippen molar-refractivity contribution in [2.75, 3.05) is 13.4 Å². The fourth-order valence-electron chi connectivity index (χ4n) is 2.87. The van der Waals surface area contributed by atoms with Gasteiger partial charge in [-0.05, 0) is 65.4 Å². The van der Waals surface area contributed by atoms with Gasteiger partial charge in [-0.25, -0.2) is 0 Å². The third-order valence-corrected chi connectivity index (χ3v) is 4.51. The van der Waals surface area contributed by atoms with E-state index in [0.717, 1.165) is 11.0 Å². The fraction of sp³-hybridized carbons (Fsp3) is 0.292. The van der Waals surface area contributed by atoms with E-state index in [4.69, 9.17) is 13.9 Å². The van der Waals surface area contributed by atoms with Gasteiger partial charge >= 0.3 is 5.82 Å². The summed E-state index contributed by atoms with van der Waals surface area (Å²) < 4.78 is 16.5. The Balaban J connectivity index is 1.74. The fourth-order valence-corrected chi connectivity index (χ4v) is 2.87. The summed E-state index contributed by atoms with van der Waals surface area (Å²) in [6, 6.07) is 11.0. The molecule has 0 fully saturated rings. The van der Waals surface area contributed by atoms with Gasteiger partial charge in [-0.3, -0.25) is 0 Å². The van der Waals surface area contributed by atoms with E-state index < -0.39 is 4.92 Å². The Morgan fingerprint density at radius 1 is 1.13 bits per heavy atom. The molecule has 7 heteroatoms. The highest BCUT2D eigenvalue weighted by Gasteiger charge is 2.24. The molecule has 0 aliphatic carbocycles. The number of hydrogen-bond donors (Lipinski definition) is 0. The third kappa shape index (κ3) is 5.79. The Morgan fingerprint density at radius 2 is 1.90 bits per heavy atom. The van der Waals surface area contributed by atoms with Gasteiger partial charge in [0.1, 0.15) is 17.1 Å². The first kappa shape index (κ1) is 22.2. The van der Waals surface area contributed by atoms with Gasteiger partial charge < -0.3 is 24.0 Å². The van der Waals surface area contributed by atoms with Crippen molar-refractivity contribution in [3.8, 4) is 5.75 Å². The maximum atomic E-state index is 11.4. The number of allylic oxidation sites excluding steroid dienone is 2. The molecule has 0 N–H and O–H groups in total. The highest BCUT2D eigenvalue weighted by molar-refractivity contribution is 5.81. The minimum Gasteiger partial charge on any atom is -0.468 e. The van der Waals surface area contributed by atoms with Crippen molar-refractivity contribution in [1.29, 1.82) is 0 Å². The first-order chi connectivity index (χ1) is 14.8. The van der Waals surface area contributed by atoms with Crippen LogP contribution in [0, 0.1) is 10.1 Å². The Morgan fingerprint density at radius 3 is 2.61 bits per heavy atom.